The molecule has 2 aliphatic heterocycles. The second-order valence-corrected chi connectivity index (χ2v) is 7.46. The summed E-state index contributed by atoms with van der Waals surface area (Å²) in [5.74, 6) is 0.226. The first-order valence-electron chi connectivity index (χ1n) is 9.81. The molecule has 1 atom stereocenters. The van der Waals surface area contributed by atoms with Gasteiger partial charge in [-0.05, 0) is 50.7 Å². The number of nitrogens with one attached hydrogen (secondary N) is 1. The van der Waals surface area contributed by atoms with Gasteiger partial charge in [0, 0.05) is 32.2 Å². The Morgan fingerprint density at radius 3 is 2.73 bits per heavy atom. The third-order valence-corrected chi connectivity index (χ3v) is 5.76. The summed E-state index contributed by atoms with van der Waals surface area (Å²) >= 11 is 0. The molecule has 1 N–H and O–H groups in total. The van der Waals surface area contributed by atoms with E-state index in [1.165, 1.54) is 6.42 Å². The van der Waals surface area contributed by atoms with Gasteiger partial charge in [0.05, 0.1) is 17.1 Å². The van der Waals surface area contributed by atoms with Crippen LogP contribution in [0.3, 0.4) is 0 Å². The van der Waals surface area contributed by atoms with Crippen LogP contribution in [0.15, 0.2) is 29.1 Å². The summed E-state index contributed by atoms with van der Waals surface area (Å²) in [4.78, 5) is 29.7. The minimum atomic E-state index is -0.0505. The molecule has 4 rings (SSSR count). The van der Waals surface area contributed by atoms with E-state index in [2.05, 4.69) is 4.98 Å². The van der Waals surface area contributed by atoms with Gasteiger partial charge in [0.2, 0.25) is 5.91 Å². The van der Waals surface area contributed by atoms with Gasteiger partial charge in [0.1, 0.15) is 0 Å². The van der Waals surface area contributed by atoms with Crippen molar-refractivity contribution in [3.63, 3.8) is 0 Å². The number of hydrogen-bond donors (Lipinski definition) is 1. The number of amides is 1. The third kappa shape index (κ3) is 3.56. The second kappa shape index (κ2) is 7.66. The molecule has 1 aromatic heterocycles. The number of rotatable bonds is 4. The van der Waals surface area contributed by atoms with Crippen LogP contribution in [0.5, 0.6) is 0 Å². The molecule has 2 saturated heterocycles. The van der Waals surface area contributed by atoms with Crippen LogP contribution in [0.4, 0.5) is 0 Å². The van der Waals surface area contributed by atoms with Gasteiger partial charge in [-0.25, -0.2) is 4.79 Å². The topological polar surface area (TPSA) is 67.3 Å². The summed E-state index contributed by atoms with van der Waals surface area (Å²) in [6, 6.07) is 7.95. The van der Waals surface area contributed by atoms with E-state index in [1.54, 1.807) is 0 Å². The van der Waals surface area contributed by atoms with Crippen molar-refractivity contribution in [2.24, 2.45) is 0 Å². The number of nitrogens with zero attached hydrogens (tertiary/aromatic N) is 2. The summed E-state index contributed by atoms with van der Waals surface area (Å²) in [5.41, 5.74) is 1.78. The van der Waals surface area contributed by atoms with Gasteiger partial charge in [-0.3, -0.25) is 9.36 Å². The number of carbonyl (C=O) groups excluding carboxylic acids is 1. The molecule has 1 unspecified atom stereocenters. The molecule has 6 nitrogen and oxygen atoms in total. The summed E-state index contributed by atoms with van der Waals surface area (Å²) in [7, 11) is 0. The molecular formula is C20H27N3O3. The van der Waals surface area contributed by atoms with Gasteiger partial charge < -0.3 is 14.6 Å². The standard InChI is InChI=1S/C20H27N3O3/c24-19(9-8-16-5-3-4-14-26-16)22-12-10-15(11-13-22)23-18-7-2-1-6-17(18)21-20(23)25/h1-2,6-7,15-16H,3-5,8-14H2,(H,21,25). The lowest BCUT2D eigenvalue weighted by atomic mass is 10.0. The fourth-order valence-corrected chi connectivity index (χ4v) is 4.29. The number of fused-ring (bicyclic) bond motifs is 1. The van der Waals surface area contributed by atoms with E-state index in [-0.39, 0.29) is 23.7 Å². The second-order valence-electron chi connectivity index (χ2n) is 7.46. The predicted octanol–water partition coefficient (Wildman–Crippen LogP) is 2.84. The molecule has 2 aliphatic rings. The van der Waals surface area contributed by atoms with E-state index >= 15 is 0 Å². The molecule has 3 heterocycles. The zero-order valence-electron chi connectivity index (χ0n) is 15.2. The van der Waals surface area contributed by atoms with Crippen molar-refractivity contribution in [1.29, 1.82) is 0 Å². The monoisotopic (exact) mass is 357 g/mol. The van der Waals surface area contributed by atoms with Crippen molar-refractivity contribution in [3.8, 4) is 0 Å². The lowest BCUT2D eigenvalue weighted by Gasteiger charge is -2.33. The van der Waals surface area contributed by atoms with Crippen molar-refractivity contribution >= 4 is 16.9 Å². The smallest absolute Gasteiger partial charge is 0.326 e. The van der Waals surface area contributed by atoms with Gasteiger partial charge >= 0.3 is 5.69 Å². The number of aromatic amines is 1. The summed E-state index contributed by atoms with van der Waals surface area (Å²) < 4.78 is 7.59. The lowest BCUT2D eigenvalue weighted by molar-refractivity contribution is -0.133. The molecule has 2 fully saturated rings. The quantitative estimate of drug-likeness (QED) is 0.915. The molecule has 140 valence electrons. The van der Waals surface area contributed by atoms with Gasteiger partial charge in [0.15, 0.2) is 0 Å². The van der Waals surface area contributed by atoms with Crippen LogP contribution in [0.1, 0.15) is 51.0 Å². The highest BCUT2D eigenvalue weighted by atomic mass is 16.5. The Bertz CT molecular complexity index is 811. The van der Waals surface area contributed by atoms with Gasteiger partial charge in [-0.15, -0.1) is 0 Å². The average Bonchev–Trinajstić information content (AvgIpc) is 3.03. The van der Waals surface area contributed by atoms with E-state index < -0.39 is 0 Å². The predicted molar refractivity (Wildman–Crippen MR) is 100 cm³/mol. The van der Waals surface area contributed by atoms with E-state index in [0.717, 1.165) is 62.8 Å². The normalized spacial score (nSPS) is 22.0. The number of H-pyrrole nitrogens is 1. The number of likely N-dealkylation sites (tertiary alicyclic amines) is 1. The minimum absolute atomic E-state index is 0.0505. The van der Waals surface area contributed by atoms with Crippen LogP contribution >= 0.6 is 0 Å². The number of piperidine rings is 1. The van der Waals surface area contributed by atoms with E-state index in [9.17, 15) is 9.59 Å². The van der Waals surface area contributed by atoms with Crippen molar-refractivity contribution in [2.45, 2.75) is 57.1 Å². The Hall–Kier alpha value is -2.08. The maximum absolute atomic E-state index is 12.5. The van der Waals surface area contributed by atoms with Crippen LogP contribution in [0.25, 0.3) is 11.0 Å². The lowest BCUT2D eigenvalue weighted by Crippen LogP contribution is -2.40. The number of imidazole rings is 1. The highest BCUT2D eigenvalue weighted by Crippen LogP contribution is 2.25. The SMILES string of the molecule is O=C(CCC1CCCCO1)N1CCC(n2c(=O)[nH]c3ccccc32)CC1. The summed E-state index contributed by atoms with van der Waals surface area (Å²) in [5, 5.41) is 0. The Morgan fingerprint density at radius 2 is 1.96 bits per heavy atom. The number of para-hydroxylation sites is 2. The van der Waals surface area contributed by atoms with Crippen molar-refractivity contribution in [3.05, 3.63) is 34.7 Å². The molecule has 0 saturated carbocycles. The first-order chi connectivity index (χ1) is 12.7. The van der Waals surface area contributed by atoms with E-state index in [0.29, 0.717) is 6.42 Å². The first-order valence-corrected chi connectivity index (χ1v) is 9.81. The number of aromatic nitrogens is 2. The van der Waals surface area contributed by atoms with Crippen LogP contribution in [-0.4, -0.2) is 46.2 Å². The third-order valence-electron chi connectivity index (χ3n) is 5.76. The molecule has 0 radical (unpaired) electrons. The highest BCUT2D eigenvalue weighted by Gasteiger charge is 2.26. The Balaban J connectivity index is 1.34. The number of carbonyl (C=O) groups is 1. The number of hydrogen-bond acceptors (Lipinski definition) is 3. The van der Waals surface area contributed by atoms with Crippen LogP contribution in [-0.2, 0) is 9.53 Å². The molecule has 0 aliphatic carbocycles. The zero-order chi connectivity index (χ0) is 17.9. The maximum Gasteiger partial charge on any atom is 0.326 e. The van der Waals surface area contributed by atoms with E-state index in [1.807, 2.05) is 33.7 Å². The minimum Gasteiger partial charge on any atom is -0.378 e. The molecule has 26 heavy (non-hydrogen) atoms. The van der Waals surface area contributed by atoms with Gasteiger partial charge in [-0.2, -0.15) is 0 Å². The van der Waals surface area contributed by atoms with Crippen molar-refractivity contribution in [2.75, 3.05) is 19.7 Å². The average molecular weight is 357 g/mol. The molecule has 0 bridgehead atoms. The fraction of sp³-hybridized carbons (Fsp3) is 0.600. The van der Waals surface area contributed by atoms with Crippen LogP contribution in [0, 0.1) is 0 Å². The molecule has 6 heteroatoms. The Labute approximate surface area is 153 Å². The summed E-state index contributed by atoms with van der Waals surface area (Å²) in [6.07, 6.45) is 6.76. The number of ether oxygens (including phenoxy) is 1. The number of benzene rings is 1. The highest BCUT2D eigenvalue weighted by molar-refractivity contribution is 5.76. The molecule has 1 amide bonds. The fourth-order valence-electron chi connectivity index (χ4n) is 4.29. The van der Waals surface area contributed by atoms with Gasteiger partial charge in [-0.1, -0.05) is 12.1 Å². The molecule has 1 aromatic carbocycles. The van der Waals surface area contributed by atoms with Crippen molar-refractivity contribution in [1.82, 2.24) is 14.5 Å². The molecule has 2 aromatic rings. The molecule has 0 spiro atoms. The van der Waals surface area contributed by atoms with E-state index in [4.69, 9.17) is 4.74 Å². The Morgan fingerprint density at radius 1 is 1.15 bits per heavy atom. The maximum atomic E-state index is 12.5. The van der Waals surface area contributed by atoms with Crippen LogP contribution < -0.4 is 5.69 Å². The first kappa shape index (κ1) is 17.3. The largest absolute Gasteiger partial charge is 0.378 e. The summed E-state index contributed by atoms with van der Waals surface area (Å²) in [6.45, 7) is 2.28. The zero-order valence-corrected chi connectivity index (χ0v) is 15.2. The van der Waals surface area contributed by atoms with Crippen molar-refractivity contribution < 1.29 is 9.53 Å². The van der Waals surface area contributed by atoms with Gasteiger partial charge in [0.25, 0.3) is 0 Å². The Kier molecular flexibility index (Phi) is 5.11. The molecular weight excluding hydrogens is 330 g/mol. The van der Waals surface area contributed by atoms with Crippen LogP contribution in [0.2, 0.25) is 0 Å².